The molecule has 2 aromatic heterocycles. The molecule has 0 radical (unpaired) electrons. The number of carbonyl (C=O) groups is 3. The van der Waals surface area contributed by atoms with Gasteiger partial charge in [-0.15, -0.1) is 11.3 Å². The number of aryl methyl sites for hydroxylation is 1. The largest absolute Gasteiger partial charge is 0.355 e. The summed E-state index contributed by atoms with van der Waals surface area (Å²) in [6.07, 6.45) is 7.95. The Morgan fingerprint density at radius 2 is 1.94 bits per heavy atom. The van der Waals surface area contributed by atoms with Crippen LogP contribution in [0.1, 0.15) is 57.3 Å². The van der Waals surface area contributed by atoms with Crippen molar-refractivity contribution < 1.29 is 14.4 Å². The van der Waals surface area contributed by atoms with E-state index in [1.165, 1.54) is 22.4 Å². The molecule has 1 aliphatic carbocycles. The minimum atomic E-state index is -0.250. The standard InChI is InChI=1S/C24H31N5O3S/c1-2-26-20(30)16-28-11-6-12-29(14-13-28)24(32)21-18-8-3-4-9-19(18)33-23(21)27-22(31)17-7-5-10-25-15-17/h5,7,10,15H,2-4,6,8-9,11-14,16H2,1H3,(H,26,30)(H,27,31). The van der Waals surface area contributed by atoms with Gasteiger partial charge in [0.05, 0.1) is 17.7 Å². The minimum absolute atomic E-state index is 0.0178. The molecule has 4 rings (SSSR count). The molecule has 0 aromatic carbocycles. The number of anilines is 1. The van der Waals surface area contributed by atoms with Crippen LogP contribution in [0.3, 0.4) is 0 Å². The molecule has 2 aliphatic rings. The molecule has 3 amide bonds. The maximum absolute atomic E-state index is 13.7. The van der Waals surface area contributed by atoms with E-state index in [9.17, 15) is 14.4 Å². The average Bonchev–Trinajstić information content (AvgIpc) is 3.02. The number of pyridine rings is 1. The van der Waals surface area contributed by atoms with E-state index in [4.69, 9.17) is 0 Å². The Kier molecular flexibility index (Phi) is 7.72. The summed E-state index contributed by atoms with van der Waals surface area (Å²) >= 11 is 1.53. The number of nitrogens with zero attached hydrogens (tertiary/aromatic N) is 3. The van der Waals surface area contributed by atoms with Crippen molar-refractivity contribution >= 4 is 34.1 Å². The summed E-state index contributed by atoms with van der Waals surface area (Å²) < 4.78 is 0. The van der Waals surface area contributed by atoms with Crippen molar-refractivity contribution in [3.05, 3.63) is 46.1 Å². The van der Waals surface area contributed by atoms with Crippen LogP contribution in [-0.4, -0.2) is 71.8 Å². The summed E-state index contributed by atoms with van der Waals surface area (Å²) in [5, 5.41) is 6.48. The molecule has 0 spiro atoms. The lowest BCUT2D eigenvalue weighted by Gasteiger charge is -2.23. The van der Waals surface area contributed by atoms with Crippen molar-refractivity contribution in [2.75, 3.05) is 44.6 Å². The number of amides is 3. The Morgan fingerprint density at radius 3 is 2.73 bits per heavy atom. The molecule has 1 fully saturated rings. The molecule has 1 aliphatic heterocycles. The highest BCUT2D eigenvalue weighted by Gasteiger charge is 2.30. The molecular formula is C24H31N5O3S. The van der Waals surface area contributed by atoms with Gasteiger partial charge in [0.25, 0.3) is 11.8 Å². The molecule has 0 bridgehead atoms. The second-order valence-electron chi connectivity index (χ2n) is 8.49. The third-order valence-electron chi connectivity index (χ3n) is 6.15. The van der Waals surface area contributed by atoms with Gasteiger partial charge >= 0.3 is 0 Å². The zero-order valence-corrected chi connectivity index (χ0v) is 19.9. The van der Waals surface area contributed by atoms with E-state index in [1.54, 1.807) is 18.3 Å². The fraction of sp³-hybridized carbons (Fsp3) is 0.500. The number of aromatic nitrogens is 1. The van der Waals surface area contributed by atoms with Gasteiger partial charge in [0.2, 0.25) is 5.91 Å². The van der Waals surface area contributed by atoms with Gasteiger partial charge in [-0.2, -0.15) is 0 Å². The molecule has 8 nitrogen and oxygen atoms in total. The number of hydrogen-bond donors (Lipinski definition) is 2. The number of hydrogen-bond acceptors (Lipinski definition) is 6. The predicted molar refractivity (Wildman–Crippen MR) is 129 cm³/mol. The molecule has 33 heavy (non-hydrogen) atoms. The van der Waals surface area contributed by atoms with Gasteiger partial charge in [-0.1, -0.05) is 0 Å². The summed E-state index contributed by atoms with van der Waals surface area (Å²) in [5.74, 6) is -0.250. The van der Waals surface area contributed by atoms with Crippen molar-refractivity contribution in [3.8, 4) is 0 Å². The number of rotatable bonds is 6. The summed E-state index contributed by atoms with van der Waals surface area (Å²) in [5.41, 5.74) is 2.23. The Balaban J connectivity index is 1.52. The number of carbonyl (C=O) groups excluding carboxylic acids is 3. The first-order chi connectivity index (χ1) is 16.1. The average molecular weight is 470 g/mol. The molecular weight excluding hydrogens is 438 g/mol. The molecule has 1 saturated heterocycles. The maximum Gasteiger partial charge on any atom is 0.257 e. The van der Waals surface area contributed by atoms with E-state index in [2.05, 4.69) is 20.5 Å². The fourth-order valence-corrected chi connectivity index (χ4v) is 5.78. The minimum Gasteiger partial charge on any atom is -0.355 e. The van der Waals surface area contributed by atoms with Crippen LogP contribution in [0, 0.1) is 0 Å². The maximum atomic E-state index is 13.7. The molecule has 176 valence electrons. The normalized spacial score (nSPS) is 16.6. The lowest BCUT2D eigenvalue weighted by atomic mass is 9.95. The van der Waals surface area contributed by atoms with Crippen molar-refractivity contribution in [1.82, 2.24) is 20.1 Å². The molecule has 0 unspecified atom stereocenters. The lowest BCUT2D eigenvalue weighted by molar-refractivity contribution is -0.122. The highest BCUT2D eigenvalue weighted by molar-refractivity contribution is 7.17. The summed E-state index contributed by atoms with van der Waals surface area (Å²) in [7, 11) is 0. The van der Waals surface area contributed by atoms with Crippen LogP contribution in [0.25, 0.3) is 0 Å². The molecule has 2 aromatic rings. The van der Waals surface area contributed by atoms with Crippen molar-refractivity contribution in [3.63, 3.8) is 0 Å². The zero-order valence-electron chi connectivity index (χ0n) is 19.1. The zero-order chi connectivity index (χ0) is 23.2. The van der Waals surface area contributed by atoms with Crippen LogP contribution in [0.4, 0.5) is 5.00 Å². The van der Waals surface area contributed by atoms with E-state index in [0.717, 1.165) is 44.2 Å². The summed E-state index contributed by atoms with van der Waals surface area (Å²) in [4.78, 5) is 47.7. The molecule has 3 heterocycles. The summed E-state index contributed by atoms with van der Waals surface area (Å²) in [6, 6.07) is 3.44. The second kappa shape index (κ2) is 10.9. The topological polar surface area (TPSA) is 94.6 Å². The molecule has 0 atom stereocenters. The van der Waals surface area contributed by atoms with Gasteiger partial charge in [-0.05, 0) is 56.7 Å². The quantitative estimate of drug-likeness (QED) is 0.678. The van der Waals surface area contributed by atoms with Crippen molar-refractivity contribution in [2.24, 2.45) is 0 Å². The Labute approximate surface area is 198 Å². The molecule has 9 heteroatoms. The van der Waals surface area contributed by atoms with E-state index >= 15 is 0 Å². The van der Waals surface area contributed by atoms with Crippen LogP contribution in [0.2, 0.25) is 0 Å². The Morgan fingerprint density at radius 1 is 1.09 bits per heavy atom. The number of thiophene rings is 1. The van der Waals surface area contributed by atoms with Gasteiger partial charge in [-0.25, -0.2) is 0 Å². The Bertz CT molecular complexity index is 1010. The molecule has 0 saturated carbocycles. The monoisotopic (exact) mass is 469 g/mol. The fourth-order valence-electron chi connectivity index (χ4n) is 4.50. The summed E-state index contributed by atoms with van der Waals surface area (Å²) in [6.45, 7) is 5.54. The van der Waals surface area contributed by atoms with Crippen molar-refractivity contribution in [2.45, 2.75) is 39.0 Å². The van der Waals surface area contributed by atoms with E-state index in [1.807, 2.05) is 11.8 Å². The highest BCUT2D eigenvalue weighted by Crippen LogP contribution is 2.39. The van der Waals surface area contributed by atoms with Crippen LogP contribution in [0.15, 0.2) is 24.5 Å². The first-order valence-electron chi connectivity index (χ1n) is 11.7. The van der Waals surface area contributed by atoms with Crippen LogP contribution >= 0.6 is 11.3 Å². The van der Waals surface area contributed by atoms with Gasteiger partial charge in [0.15, 0.2) is 0 Å². The Hall–Kier alpha value is -2.78. The number of nitrogens with one attached hydrogen (secondary N) is 2. The van der Waals surface area contributed by atoms with E-state index in [-0.39, 0.29) is 17.7 Å². The van der Waals surface area contributed by atoms with E-state index < -0.39 is 0 Å². The number of fused-ring (bicyclic) bond motifs is 1. The van der Waals surface area contributed by atoms with Gasteiger partial charge in [0, 0.05) is 50.0 Å². The predicted octanol–water partition coefficient (Wildman–Crippen LogP) is 2.56. The smallest absolute Gasteiger partial charge is 0.257 e. The van der Waals surface area contributed by atoms with Gasteiger partial charge in [0.1, 0.15) is 5.00 Å². The van der Waals surface area contributed by atoms with Gasteiger partial charge in [-0.3, -0.25) is 24.3 Å². The SMILES string of the molecule is CCNC(=O)CN1CCCN(C(=O)c2c(NC(=O)c3cccnc3)sc3c2CCCC3)CC1. The van der Waals surface area contributed by atoms with Crippen LogP contribution in [0.5, 0.6) is 0 Å². The lowest BCUT2D eigenvalue weighted by Crippen LogP contribution is -2.40. The van der Waals surface area contributed by atoms with E-state index in [0.29, 0.717) is 48.9 Å². The van der Waals surface area contributed by atoms with Crippen LogP contribution in [-0.2, 0) is 17.6 Å². The molecule has 2 N–H and O–H groups in total. The van der Waals surface area contributed by atoms with Crippen LogP contribution < -0.4 is 10.6 Å². The number of likely N-dealkylation sites (N-methyl/N-ethyl adjacent to an activating group) is 1. The first-order valence-corrected chi connectivity index (χ1v) is 12.5. The van der Waals surface area contributed by atoms with Crippen molar-refractivity contribution in [1.29, 1.82) is 0 Å². The van der Waals surface area contributed by atoms with Gasteiger partial charge < -0.3 is 15.5 Å². The third kappa shape index (κ3) is 5.59. The second-order valence-corrected chi connectivity index (χ2v) is 9.59. The third-order valence-corrected chi connectivity index (χ3v) is 7.36. The first kappa shape index (κ1) is 23.4. The highest BCUT2D eigenvalue weighted by atomic mass is 32.1.